The standard InChI is InChI=1S/C15H17ClFN3OS/c1-9(15-19-18-10(2)22-15)20-5-6-21-14(8-20)11-3-4-13(17)12(16)7-11/h3-4,7,9,14H,5-6,8H2,1-2H3/t9-,14+/m1/s1. The Bertz CT molecular complexity index is 666. The van der Waals surface area contributed by atoms with Crippen LogP contribution in [0.15, 0.2) is 18.2 Å². The molecule has 1 aliphatic heterocycles. The van der Waals surface area contributed by atoms with E-state index in [0.29, 0.717) is 6.61 Å². The Balaban J connectivity index is 1.74. The quantitative estimate of drug-likeness (QED) is 0.851. The van der Waals surface area contributed by atoms with Crippen molar-refractivity contribution < 1.29 is 9.13 Å². The first kappa shape index (κ1) is 15.8. The highest BCUT2D eigenvalue weighted by atomic mass is 35.5. The molecule has 118 valence electrons. The van der Waals surface area contributed by atoms with E-state index < -0.39 is 5.82 Å². The lowest BCUT2D eigenvalue weighted by atomic mass is 10.1. The van der Waals surface area contributed by atoms with Crippen LogP contribution in [-0.4, -0.2) is 34.8 Å². The Morgan fingerprint density at radius 3 is 2.95 bits per heavy atom. The number of halogens is 2. The SMILES string of the molecule is Cc1nnc([C@@H](C)N2CCO[C@H](c3ccc(F)c(Cl)c3)C2)s1. The van der Waals surface area contributed by atoms with Crippen LogP contribution in [0.4, 0.5) is 4.39 Å². The van der Waals surface area contributed by atoms with Crippen LogP contribution in [0.5, 0.6) is 0 Å². The Kier molecular flexibility index (Phi) is 4.73. The lowest BCUT2D eigenvalue weighted by Gasteiger charge is -2.36. The number of aryl methyl sites for hydroxylation is 1. The smallest absolute Gasteiger partial charge is 0.141 e. The van der Waals surface area contributed by atoms with Crippen molar-refractivity contribution in [3.63, 3.8) is 0 Å². The topological polar surface area (TPSA) is 38.2 Å². The monoisotopic (exact) mass is 341 g/mol. The number of aromatic nitrogens is 2. The Morgan fingerprint density at radius 2 is 2.27 bits per heavy atom. The second-order valence-corrected chi connectivity index (χ2v) is 6.98. The second kappa shape index (κ2) is 6.58. The summed E-state index contributed by atoms with van der Waals surface area (Å²) in [5, 5.41) is 10.4. The van der Waals surface area contributed by atoms with Crippen molar-refractivity contribution in [2.45, 2.75) is 26.0 Å². The summed E-state index contributed by atoms with van der Waals surface area (Å²) in [5.74, 6) is -0.407. The Morgan fingerprint density at radius 1 is 1.45 bits per heavy atom. The van der Waals surface area contributed by atoms with Gasteiger partial charge in [0.05, 0.1) is 23.8 Å². The van der Waals surface area contributed by atoms with Crippen LogP contribution >= 0.6 is 22.9 Å². The second-order valence-electron chi connectivity index (χ2n) is 5.36. The van der Waals surface area contributed by atoms with Gasteiger partial charge in [0.25, 0.3) is 0 Å². The number of morpholine rings is 1. The summed E-state index contributed by atoms with van der Waals surface area (Å²) in [7, 11) is 0. The molecule has 2 aromatic rings. The van der Waals surface area contributed by atoms with E-state index in [-0.39, 0.29) is 17.2 Å². The summed E-state index contributed by atoms with van der Waals surface area (Å²) in [4.78, 5) is 2.31. The van der Waals surface area contributed by atoms with Crippen molar-refractivity contribution in [1.29, 1.82) is 0 Å². The van der Waals surface area contributed by atoms with E-state index in [1.54, 1.807) is 23.5 Å². The number of nitrogens with zero attached hydrogens (tertiary/aromatic N) is 3. The third-order valence-corrected chi connectivity index (χ3v) is 5.16. The zero-order valence-corrected chi connectivity index (χ0v) is 14.0. The van der Waals surface area contributed by atoms with Gasteiger partial charge in [-0.15, -0.1) is 21.5 Å². The molecule has 2 atom stereocenters. The minimum atomic E-state index is -0.407. The summed E-state index contributed by atoms with van der Waals surface area (Å²) in [6, 6.07) is 4.95. The molecule has 0 amide bonds. The van der Waals surface area contributed by atoms with Crippen LogP contribution in [0.25, 0.3) is 0 Å². The molecule has 7 heteroatoms. The van der Waals surface area contributed by atoms with Crippen molar-refractivity contribution in [3.8, 4) is 0 Å². The number of hydrogen-bond acceptors (Lipinski definition) is 5. The highest BCUT2D eigenvalue weighted by Crippen LogP contribution is 2.31. The van der Waals surface area contributed by atoms with Crippen LogP contribution < -0.4 is 0 Å². The van der Waals surface area contributed by atoms with Gasteiger partial charge in [-0.25, -0.2) is 4.39 Å². The molecule has 4 nitrogen and oxygen atoms in total. The number of hydrogen-bond donors (Lipinski definition) is 0. The molecule has 0 saturated carbocycles. The minimum Gasteiger partial charge on any atom is -0.371 e. The average Bonchev–Trinajstić information content (AvgIpc) is 2.96. The van der Waals surface area contributed by atoms with Gasteiger partial charge in [0.2, 0.25) is 0 Å². The zero-order chi connectivity index (χ0) is 15.7. The van der Waals surface area contributed by atoms with Crippen LogP contribution in [0, 0.1) is 12.7 Å². The van der Waals surface area contributed by atoms with E-state index in [9.17, 15) is 4.39 Å². The third-order valence-electron chi connectivity index (χ3n) is 3.86. The number of ether oxygens (including phenoxy) is 1. The number of rotatable bonds is 3. The molecule has 0 N–H and O–H groups in total. The minimum absolute atomic E-state index is 0.108. The fourth-order valence-electron chi connectivity index (χ4n) is 2.57. The van der Waals surface area contributed by atoms with E-state index >= 15 is 0 Å². The predicted octanol–water partition coefficient (Wildman–Crippen LogP) is 3.77. The first-order chi connectivity index (χ1) is 10.5. The molecule has 1 aromatic heterocycles. The van der Waals surface area contributed by atoms with Gasteiger partial charge in [-0.2, -0.15) is 0 Å². The van der Waals surface area contributed by atoms with Crippen molar-refractivity contribution in [1.82, 2.24) is 15.1 Å². The molecule has 1 fully saturated rings. The van der Waals surface area contributed by atoms with Crippen molar-refractivity contribution in [2.75, 3.05) is 19.7 Å². The van der Waals surface area contributed by atoms with Gasteiger partial charge in [0, 0.05) is 13.1 Å². The van der Waals surface area contributed by atoms with Gasteiger partial charge in [-0.1, -0.05) is 17.7 Å². The van der Waals surface area contributed by atoms with Gasteiger partial charge in [0.15, 0.2) is 0 Å². The van der Waals surface area contributed by atoms with E-state index in [1.807, 2.05) is 6.92 Å². The maximum atomic E-state index is 13.3. The summed E-state index contributed by atoms with van der Waals surface area (Å²) < 4.78 is 19.1. The van der Waals surface area contributed by atoms with E-state index in [1.165, 1.54) is 6.07 Å². The summed E-state index contributed by atoms with van der Waals surface area (Å²) >= 11 is 7.49. The van der Waals surface area contributed by atoms with Gasteiger partial charge in [-0.3, -0.25) is 4.90 Å². The first-order valence-electron chi connectivity index (χ1n) is 7.15. The summed E-state index contributed by atoms with van der Waals surface area (Å²) in [6.07, 6.45) is -0.108. The lowest BCUT2D eigenvalue weighted by Crippen LogP contribution is -2.39. The molecule has 0 radical (unpaired) electrons. The summed E-state index contributed by atoms with van der Waals surface area (Å²) in [5.41, 5.74) is 0.900. The molecule has 22 heavy (non-hydrogen) atoms. The summed E-state index contributed by atoms with van der Waals surface area (Å²) in [6.45, 7) is 6.27. The maximum absolute atomic E-state index is 13.3. The van der Waals surface area contributed by atoms with Gasteiger partial charge in [-0.05, 0) is 31.5 Å². The molecule has 3 rings (SSSR count). The average molecular weight is 342 g/mol. The van der Waals surface area contributed by atoms with E-state index in [4.69, 9.17) is 16.3 Å². The third kappa shape index (κ3) is 3.30. The predicted molar refractivity (Wildman–Crippen MR) is 84.7 cm³/mol. The highest BCUT2D eigenvalue weighted by Gasteiger charge is 2.28. The van der Waals surface area contributed by atoms with Crippen LogP contribution in [0.3, 0.4) is 0 Å². The lowest BCUT2D eigenvalue weighted by molar-refractivity contribution is -0.0432. The first-order valence-corrected chi connectivity index (χ1v) is 8.34. The molecule has 0 spiro atoms. The molecule has 1 aromatic carbocycles. The van der Waals surface area contributed by atoms with Crippen LogP contribution in [0.2, 0.25) is 5.02 Å². The van der Waals surface area contributed by atoms with Gasteiger partial charge >= 0.3 is 0 Å². The normalized spacial score (nSPS) is 21.0. The van der Waals surface area contributed by atoms with Crippen molar-refractivity contribution >= 4 is 22.9 Å². The molecule has 0 aliphatic carbocycles. The molecular formula is C15H17ClFN3OS. The zero-order valence-electron chi connectivity index (χ0n) is 12.4. The Hall–Kier alpha value is -1.08. The van der Waals surface area contributed by atoms with Crippen LogP contribution in [-0.2, 0) is 4.74 Å². The molecule has 0 bridgehead atoms. The number of benzene rings is 1. The molecular weight excluding hydrogens is 325 g/mol. The van der Waals surface area contributed by atoms with E-state index in [0.717, 1.165) is 28.7 Å². The van der Waals surface area contributed by atoms with Gasteiger partial charge < -0.3 is 4.74 Å². The fraction of sp³-hybridized carbons (Fsp3) is 0.467. The fourth-order valence-corrected chi connectivity index (χ4v) is 3.55. The van der Waals surface area contributed by atoms with Gasteiger partial charge in [0.1, 0.15) is 15.8 Å². The van der Waals surface area contributed by atoms with Crippen molar-refractivity contribution in [2.24, 2.45) is 0 Å². The van der Waals surface area contributed by atoms with E-state index in [2.05, 4.69) is 22.0 Å². The molecule has 1 saturated heterocycles. The maximum Gasteiger partial charge on any atom is 0.141 e. The highest BCUT2D eigenvalue weighted by molar-refractivity contribution is 7.11. The molecule has 0 unspecified atom stereocenters. The largest absolute Gasteiger partial charge is 0.371 e. The van der Waals surface area contributed by atoms with Crippen molar-refractivity contribution in [3.05, 3.63) is 44.6 Å². The molecule has 2 heterocycles. The molecule has 1 aliphatic rings. The Labute approximate surface area is 137 Å². The van der Waals surface area contributed by atoms with Crippen LogP contribution in [0.1, 0.15) is 34.6 Å².